The molecule has 2 atom stereocenters. The zero-order chi connectivity index (χ0) is 6.85. The maximum absolute atomic E-state index is 10.7. The minimum absolute atomic E-state index is 0.0463. The molecule has 9 heavy (non-hydrogen) atoms. The van der Waals surface area contributed by atoms with E-state index < -0.39 is 0 Å². The van der Waals surface area contributed by atoms with Crippen LogP contribution in [-0.2, 0) is 9.53 Å². The van der Waals surface area contributed by atoms with E-state index in [1.807, 2.05) is 6.92 Å². The molecular formula is C6H11NO2. The largest absolute Gasteiger partial charge is 0.468 e. The van der Waals surface area contributed by atoms with E-state index in [-0.39, 0.29) is 12.0 Å². The summed E-state index contributed by atoms with van der Waals surface area (Å²) >= 11 is 0. The van der Waals surface area contributed by atoms with Crippen LogP contribution in [-0.4, -0.2) is 25.7 Å². The van der Waals surface area contributed by atoms with E-state index in [9.17, 15) is 4.79 Å². The lowest BCUT2D eigenvalue weighted by molar-refractivity contribution is -0.146. The predicted octanol–water partition coefficient (Wildman–Crippen LogP) is -0.233. The Labute approximate surface area is 54.4 Å². The van der Waals surface area contributed by atoms with Gasteiger partial charge in [0.1, 0.15) is 6.04 Å². The lowest BCUT2D eigenvalue weighted by atomic mass is 9.94. The number of hydrogen-bond donors (Lipinski definition) is 1. The molecule has 0 radical (unpaired) electrons. The van der Waals surface area contributed by atoms with Gasteiger partial charge in [-0.15, -0.1) is 0 Å². The first kappa shape index (κ1) is 6.55. The third-order valence-corrected chi connectivity index (χ3v) is 1.68. The van der Waals surface area contributed by atoms with Crippen molar-refractivity contribution in [1.82, 2.24) is 5.32 Å². The number of nitrogens with one attached hydrogen (secondary N) is 1. The topological polar surface area (TPSA) is 38.3 Å². The number of hydrogen-bond acceptors (Lipinski definition) is 3. The van der Waals surface area contributed by atoms with Crippen molar-refractivity contribution in [2.24, 2.45) is 5.92 Å². The highest BCUT2D eigenvalue weighted by Gasteiger charge is 2.32. The van der Waals surface area contributed by atoms with Crippen LogP contribution in [0.15, 0.2) is 0 Å². The minimum atomic E-state index is -0.145. The van der Waals surface area contributed by atoms with Gasteiger partial charge in [0.05, 0.1) is 7.11 Å². The highest BCUT2D eigenvalue weighted by atomic mass is 16.5. The molecule has 0 unspecified atom stereocenters. The van der Waals surface area contributed by atoms with E-state index in [0.29, 0.717) is 5.92 Å². The maximum Gasteiger partial charge on any atom is 0.323 e. The van der Waals surface area contributed by atoms with Gasteiger partial charge in [-0.1, -0.05) is 6.92 Å². The molecule has 0 spiro atoms. The van der Waals surface area contributed by atoms with Gasteiger partial charge in [0.25, 0.3) is 0 Å². The van der Waals surface area contributed by atoms with E-state index >= 15 is 0 Å². The van der Waals surface area contributed by atoms with Crippen LogP contribution < -0.4 is 5.32 Å². The second-order valence-corrected chi connectivity index (χ2v) is 2.39. The molecule has 0 aromatic rings. The van der Waals surface area contributed by atoms with Crippen molar-refractivity contribution in [3.8, 4) is 0 Å². The average Bonchev–Trinajstić information content (AvgIpc) is 1.84. The summed E-state index contributed by atoms with van der Waals surface area (Å²) < 4.78 is 4.52. The standard InChI is InChI=1S/C6H11NO2/c1-4-3-7-5(4)6(8)9-2/h4-5,7H,3H2,1-2H3/t4-,5-/m1/s1. The fraction of sp³-hybridized carbons (Fsp3) is 0.833. The molecule has 1 fully saturated rings. The summed E-state index contributed by atoms with van der Waals surface area (Å²) in [5.74, 6) is 0.297. The average molecular weight is 129 g/mol. The van der Waals surface area contributed by atoms with Crippen molar-refractivity contribution >= 4 is 5.97 Å². The van der Waals surface area contributed by atoms with Crippen LogP contribution in [0.25, 0.3) is 0 Å². The number of ether oxygens (including phenoxy) is 1. The summed E-state index contributed by atoms with van der Waals surface area (Å²) in [5.41, 5.74) is 0. The Morgan fingerprint density at radius 3 is 2.56 bits per heavy atom. The summed E-state index contributed by atoms with van der Waals surface area (Å²) in [6.07, 6.45) is 0. The van der Waals surface area contributed by atoms with Crippen LogP contribution in [0.2, 0.25) is 0 Å². The molecule has 0 saturated carbocycles. The van der Waals surface area contributed by atoms with Crippen molar-refractivity contribution in [2.75, 3.05) is 13.7 Å². The van der Waals surface area contributed by atoms with Crippen LogP contribution >= 0.6 is 0 Å². The first-order chi connectivity index (χ1) is 4.25. The summed E-state index contributed by atoms with van der Waals surface area (Å²) in [4.78, 5) is 10.7. The van der Waals surface area contributed by atoms with Gasteiger partial charge in [-0.05, 0) is 5.92 Å². The Balaban J connectivity index is 2.35. The van der Waals surface area contributed by atoms with Gasteiger partial charge in [-0.2, -0.15) is 0 Å². The molecule has 3 nitrogen and oxygen atoms in total. The quantitative estimate of drug-likeness (QED) is 0.497. The Morgan fingerprint density at radius 2 is 2.44 bits per heavy atom. The van der Waals surface area contributed by atoms with Crippen LogP contribution in [0, 0.1) is 5.92 Å². The number of carbonyl (C=O) groups excluding carboxylic acids is 1. The van der Waals surface area contributed by atoms with E-state index in [1.165, 1.54) is 7.11 Å². The van der Waals surface area contributed by atoms with E-state index in [2.05, 4.69) is 10.1 Å². The van der Waals surface area contributed by atoms with E-state index in [4.69, 9.17) is 0 Å². The van der Waals surface area contributed by atoms with Gasteiger partial charge in [0, 0.05) is 6.54 Å². The third kappa shape index (κ3) is 1.05. The number of rotatable bonds is 1. The van der Waals surface area contributed by atoms with Crippen molar-refractivity contribution in [3.05, 3.63) is 0 Å². The predicted molar refractivity (Wildman–Crippen MR) is 33.0 cm³/mol. The Bertz CT molecular complexity index is 124. The van der Waals surface area contributed by atoms with Crippen LogP contribution in [0.5, 0.6) is 0 Å². The Morgan fingerprint density at radius 1 is 1.78 bits per heavy atom. The normalized spacial score (nSPS) is 33.1. The van der Waals surface area contributed by atoms with Gasteiger partial charge in [-0.3, -0.25) is 4.79 Å². The molecule has 0 aromatic carbocycles. The molecule has 1 rings (SSSR count). The van der Waals surface area contributed by atoms with E-state index in [0.717, 1.165) is 6.54 Å². The molecule has 0 aliphatic carbocycles. The third-order valence-electron chi connectivity index (χ3n) is 1.68. The molecule has 1 aliphatic heterocycles. The first-order valence-corrected chi connectivity index (χ1v) is 3.07. The molecule has 1 heterocycles. The second kappa shape index (κ2) is 2.35. The summed E-state index contributed by atoms with van der Waals surface area (Å²) in [5, 5.41) is 2.97. The van der Waals surface area contributed by atoms with E-state index in [1.54, 1.807) is 0 Å². The van der Waals surface area contributed by atoms with Gasteiger partial charge in [-0.25, -0.2) is 0 Å². The van der Waals surface area contributed by atoms with Gasteiger partial charge < -0.3 is 10.1 Å². The number of methoxy groups -OCH3 is 1. The number of carbonyl (C=O) groups is 1. The van der Waals surface area contributed by atoms with Gasteiger partial charge >= 0.3 is 5.97 Å². The zero-order valence-corrected chi connectivity index (χ0v) is 5.68. The molecule has 52 valence electrons. The van der Waals surface area contributed by atoms with Crippen molar-refractivity contribution < 1.29 is 9.53 Å². The van der Waals surface area contributed by atoms with Crippen LogP contribution in [0.1, 0.15) is 6.92 Å². The SMILES string of the molecule is COC(=O)[C@@H]1NC[C@H]1C. The fourth-order valence-electron chi connectivity index (χ4n) is 0.914. The highest BCUT2D eigenvalue weighted by Crippen LogP contribution is 2.12. The van der Waals surface area contributed by atoms with Crippen LogP contribution in [0.3, 0.4) is 0 Å². The molecular weight excluding hydrogens is 118 g/mol. The smallest absolute Gasteiger partial charge is 0.323 e. The summed E-state index contributed by atoms with van der Waals surface area (Å²) in [6, 6.07) is -0.0463. The molecule has 3 heteroatoms. The van der Waals surface area contributed by atoms with Crippen molar-refractivity contribution in [1.29, 1.82) is 0 Å². The Hall–Kier alpha value is -0.570. The lowest BCUT2D eigenvalue weighted by Crippen LogP contribution is -2.56. The minimum Gasteiger partial charge on any atom is -0.468 e. The maximum atomic E-state index is 10.7. The zero-order valence-electron chi connectivity index (χ0n) is 5.68. The van der Waals surface area contributed by atoms with Crippen LogP contribution in [0.4, 0.5) is 0 Å². The molecule has 1 saturated heterocycles. The van der Waals surface area contributed by atoms with Gasteiger partial charge in [0.2, 0.25) is 0 Å². The molecule has 1 N–H and O–H groups in total. The molecule has 0 bridgehead atoms. The van der Waals surface area contributed by atoms with Crippen molar-refractivity contribution in [2.45, 2.75) is 13.0 Å². The lowest BCUT2D eigenvalue weighted by Gasteiger charge is -2.32. The number of esters is 1. The highest BCUT2D eigenvalue weighted by molar-refractivity contribution is 5.77. The Kier molecular flexibility index (Phi) is 1.71. The van der Waals surface area contributed by atoms with Gasteiger partial charge in [0.15, 0.2) is 0 Å². The summed E-state index contributed by atoms with van der Waals surface area (Å²) in [6.45, 7) is 2.96. The fourth-order valence-corrected chi connectivity index (χ4v) is 0.914. The first-order valence-electron chi connectivity index (χ1n) is 3.07. The van der Waals surface area contributed by atoms with Crippen molar-refractivity contribution in [3.63, 3.8) is 0 Å². The molecule has 0 amide bonds. The molecule has 0 aromatic heterocycles. The summed E-state index contributed by atoms with van der Waals surface area (Å²) in [7, 11) is 1.41. The second-order valence-electron chi connectivity index (χ2n) is 2.39. The monoisotopic (exact) mass is 129 g/mol. The molecule has 1 aliphatic rings.